The number of alkyl halides is 3. The lowest BCUT2D eigenvalue weighted by molar-refractivity contribution is -0.141. The molecule has 0 unspecified atom stereocenters. The average molecular weight is 424 g/mol. The predicted octanol–water partition coefficient (Wildman–Crippen LogP) is 3.24. The van der Waals surface area contributed by atoms with Gasteiger partial charge in [0.1, 0.15) is 5.71 Å². The Morgan fingerprint density at radius 3 is 2.50 bits per heavy atom. The molecule has 1 aromatic carbocycles. The van der Waals surface area contributed by atoms with E-state index in [4.69, 9.17) is 5.26 Å². The van der Waals surface area contributed by atoms with Crippen molar-refractivity contribution in [3.05, 3.63) is 46.0 Å². The fraction of sp³-hybridized carbons (Fsp3) is 0.450. The van der Waals surface area contributed by atoms with Gasteiger partial charge in [0, 0.05) is 18.7 Å². The maximum Gasteiger partial charge on any atom is 0.419 e. The SMILES string of the molecule is N#CN1CC2=C(C1)C(C(=O)N1CCC(c3ccc(F)c(F)c3C(F)(F)F)CC1)=NC2. The first kappa shape index (κ1) is 20.3. The Kier molecular flexibility index (Phi) is 5.00. The van der Waals surface area contributed by atoms with E-state index < -0.39 is 29.3 Å². The highest BCUT2D eigenvalue weighted by Crippen LogP contribution is 2.41. The summed E-state index contributed by atoms with van der Waals surface area (Å²) in [4.78, 5) is 20.2. The Morgan fingerprint density at radius 2 is 1.87 bits per heavy atom. The molecule has 0 bridgehead atoms. The van der Waals surface area contributed by atoms with Crippen LogP contribution in [0.2, 0.25) is 0 Å². The molecule has 5 nitrogen and oxygen atoms in total. The number of aliphatic imine (C=N–C) groups is 1. The Bertz CT molecular complexity index is 1000. The van der Waals surface area contributed by atoms with Crippen LogP contribution in [0.4, 0.5) is 22.0 Å². The molecule has 30 heavy (non-hydrogen) atoms. The summed E-state index contributed by atoms with van der Waals surface area (Å²) in [5, 5.41) is 9.03. The molecule has 1 amide bonds. The number of piperidine rings is 1. The molecule has 4 rings (SSSR count). The van der Waals surface area contributed by atoms with Crippen molar-refractivity contribution in [2.45, 2.75) is 24.9 Å². The quantitative estimate of drug-likeness (QED) is 0.541. The molecule has 158 valence electrons. The highest BCUT2D eigenvalue weighted by Gasteiger charge is 2.41. The highest BCUT2D eigenvalue weighted by molar-refractivity contribution is 6.46. The molecule has 0 aliphatic carbocycles. The van der Waals surface area contributed by atoms with Crippen molar-refractivity contribution in [3.63, 3.8) is 0 Å². The van der Waals surface area contributed by atoms with Gasteiger partial charge in [-0.15, -0.1) is 0 Å². The van der Waals surface area contributed by atoms with E-state index in [1.807, 2.05) is 6.19 Å². The van der Waals surface area contributed by atoms with Crippen molar-refractivity contribution >= 4 is 11.6 Å². The number of nitrogens with zero attached hydrogens (tertiary/aromatic N) is 4. The van der Waals surface area contributed by atoms with E-state index in [1.165, 1.54) is 9.80 Å². The number of carbonyl (C=O) groups excluding carboxylic acids is 1. The van der Waals surface area contributed by atoms with Gasteiger partial charge >= 0.3 is 6.18 Å². The molecule has 0 aromatic heterocycles. The van der Waals surface area contributed by atoms with E-state index in [0.29, 0.717) is 31.4 Å². The molecule has 1 fully saturated rings. The van der Waals surface area contributed by atoms with Crippen molar-refractivity contribution in [3.8, 4) is 6.19 Å². The molecule has 1 saturated heterocycles. The maximum absolute atomic E-state index is 13.9. The minimum absolute atomic E-state index is 0.184. The first-order valence-electron chi connectivity index (χ1n) is 9.45. The van der Waals surface area contributed by atoms with Crippen molar-refractivity contribution in [2.75, 3.05) is 32.7 Å². The summed E-state index contributed by atoms with van der Waals surface area (Å²) in [5.41, 5.74) is 0.155. The molecule has 3 heterocycles. The third-order valence-corrected chi connectivity index (χ3v) is 5.85. The number of nitriles is 1. The van der Waals surface area contributed by atoms with Gasteiger partial charge in [0.2, 0.25) is 0 Å². The molecular weight excluding hydrogens is 407 g/mol. The van der Waals surface area contributed by atoms with Crippen LogP contribution in [0.3, 0.4) is 0 Å². The predicted molar refractivity (Wildman–Crippen MR) is 96.4 cm³/mol. The Hall–Kier alpha value is -2.96. The van der Waals surface area contributed by atoms with Crippen molar-refractivity contribution < 1.29 is 26.7 Å². The standard InChI is InChI=1S/C20H17F5N4O/c21-15-2-1-13(16(17(15)22)20(23,24)25)11-3-5-29(6-4-11)19(30)18-14-9-28(10-26)8-12(14)7-27-18/h1-2,11H,3-9H2. The van der Waals surface area contributed by atoms with E-state index in [-0.39, 0.29) is 37.4 Å². The van der Waals surface area contributed by atoms with Crippen molar-refractivity contribution in [1.82, 2.24) is 9.80 Å². The number of rotatable bonds is 2. The zero-order valence-corrected chi connectivity index (χ0v) is 15.8. The zero-order chi connectivity index (χ0) is 21.6. The van der Waals surface area contributed by atoms with E-state index in [0.717, 1.165) is 17.2 Å². The van der Waals surface area contributed by atoms with Gasteiger partial charge in [-0.3, -0.25) is 9.79 Å². The lowest BCUT2D eigenvalue weighted by Crippen LogP contribution is -2.42. The van der Waals surface area contributed by atoms with E-state index in [9.17, 15) is 26.7 Å². The van der Waals surface area contributed by atoms with Crippen LogP contribution in [0.5, 0.6) is 0 Å². The average Bonchev–Trinajstić information content (AvgIpc) is 3.29. The van der Waals surface area contributed by atoms with Crippen LogP contribution in [0, 0.1) is 23.1 Å². The second-order valence-electron chi connectivity index (χ2n) is 7.59. The van der Waals surface area contributed by atoms with Gasteiger partial charge in [0.25, 0.3) is 5.91 Å². The van der Waals surface area contributed by atoms with Crippen LogP contribution >= 0.6 is 0 Å². The Labute approximate surface area is 169 Å². The Balaban J connectivity index is 1.48. The van der Waals surface area contributed by atoms with Crippen LogP contribution in [0.25, 0.3) is 0 Å². The Morgan fingerprint density at radius 1 is 1.17 bits per heavy atom. The van der Waals surface area contributed by atoms with Gasteiger partial charge in [0.05, 0.1) is 25.2 Å². The van der Waals surface area contributed by atoms with Crippen molar-refractivity contribution in [2.24, 2.45) is 4.99 Å². The molecule has 3 aliphatic rings. The minimum atomic E-state index is -5.01. The molecule has 0 spiro atoms. The summed E-state index contributed by atoms with van der Waals surface area (Å²) in [5.74, 6) is -4.37. The number of likely N-dealkylation sites (tertiary alicyclic amines) is 1. The molecule has 10 heteroatoms. The summed E-state index contributed by atoms with van der Waals surface area (Å²) in [6.07, 6.45) is -2.57. The third kappa shape index (κ3) is 3.42. The molecular formula is C20H17F5N4O. The van der Waals surface area contributed by atoms with Gasteiger partial charge in [-0.25, -0.2) is 8.78 Å². The number of halogens is 5. The summed E-state index contributed by atoms with van der Waals surface area (Å²) < 4.78 is 67.2. The number of hydrogen-bond acceptors (Lipinski definition) is 4. The lowest BCUT2D eigenvalue weighted by atomic mass is 9.85. The van der Waals surface area contributed by atoms with Gasteiger partial charge < -0.3 is 9.80 Å². The smallest absolute Gasteiger partial charge is 0.337 e. The second kappa shape index (κ2) is 7.38. The van der Waals surface area contributed by atoms with E-state index >= 15 is 0 Å². The van der Waals surface area contributed by atoms with Crippen molar-refractivity contribution in [1.29, 1.82) is 5.26 Å². The molecule has 0 N–H and O–H groups in total. The monoisotopic (exact) mass is 424 g/mol. The number of hydrogen-bond donors (Lipinski definition) is 0. The minimum Gasteiger partial charge on any atom is -0.337 e. The fourth-order valence-electron chi connectivity index (χ4n) is 4.35. The fourth-order valence-corrected chi connectivity index (χ4v) is 4.35. The van der Waals surface area contributed by atoms with Gasteiger partial charge in [-0.05, 0) is 36.0 Å². The molecule has 0 atom stereocenters. The normalized spacial score (nSPS) is 19.8. The maximum atomic E-state index is 13.9. The third-order valence-electron chi connectivity index (χ3n) is 5.85. The van der Waals surface area contributed by atoms with E-state index in [1.54, 1.807) is 0 Å². The first-order chi connectivity index (χ1) is 14.2. The number of amides is 1. The summed E-state index contributed by atoms with van der Waals surface area (Å²) in [6.45, 7) is 1.52. The van der Waals surface area contributed by atoms with Gasteiger partial charge in [0.15, 0.2) is 17.8 Å². The van der Waals surface area contributed by atoms with Crippen LogP contribution in [0.1, 0.15) is 29.9 Å². The van der Waals surface area contributed by atoms with E-state index in [2.05, 4.69) is 4.99 Å². The second-order valence-corrected chi connectivity index (χ2v) is 7.59. The zero-order valence-electron chi connectivity index (χ0n) is 15.8. The molecule has 0 saturated carbocycles. The van der Waals surface area contributed by atoms with Gasteiger partial charge in [-0.1, -0.05) is 6.07 Å². The molecule has 3 aliphatic heterocycles. The summed E-state index contributed by atoms with van der Waals surface area (Å²) >= 11 is 0. The first-order valence-corrected chi connectivity index (χ1v) is 9.45. The largest absolute Gasteiger partial charge is 0.419 e. The molecule has 0 radical (unpaired) electrons. The summed E-state index contributed by atoms with van der Waals surface area (Å²) in [7, 11) is 0. The number of benzene rings is 1. The van der Waals surface area contributed by atoms with Crippen LogP contribution in [0.15, 0.2) is 28.3 Å². The topological polar surface area (TPSA) is 59.7 Å². The lowest BCUT2D eigenvalue weighted by Gasteiger charge is -2.33. The summed E-state index contributed by atoms with van der Waals surface area (Å²) in [6, 6.07) is 1.69. The molecule has 1 aromatic rings. The number of carbonyl (C=O) groups is 1. The van der Waals surface area contributed by atoms with Crippen LogP contribution in [-0.2, 0) is 11.0 Å². The van der Waals surface area contributed by atoms with Crippen LogP contribution < -0.4 is 0 Å². The van der Waals surface area contributed by atoms with Gasteiger partial charge in [-0.2, -0.15) is 18.4 Å². The van der Waals surface area contributed by atoms with Crippen LogP contribution in [-0.4, -0.2) is 54.1 Å². The highest BCUT2D eigenvalue weighted by atomic mass is 19.4.